The number of carboxylic acids is 1. The summed E-state index contributed by atoms with van der Waals surface area (Å²) >= 11 is 0. The van der Waals surface area contributed by atoms with Crippen LogP contribution in [-0.2, 0) is 9.53 Å². The molecule has 1 aromatic carbocycles. The van der Waals surface area contributed by atoms with E-state index in [9.17, 15) is 14.3 Å². The van der Waals surface area contributed by atoms with Gasteiger partial charge in [-0.25, -0.2) is 9.18 Å². The molecule has 0 saturated carbocycles. The molecule has 22 heavy (non-hydrogen) atoms. The number of aliphatic carboxylic acids is 1. The maximum atomic E-state index is 14.1. The number of benzene rings is 1. The van der Waals surface area contributed by atoms with Crippen LogP contribution >= 0.6 is 0 Å². The summed E-state index contributed by atoms with van der Waals surface area (Å²) in [7, 11) is 0. The van der Waals surface area contributed by atoms with Crippen LogP contribution in [0.1, 0.15) is 43.7 Å². The van der Waals surface area contributed by atoms with Gasteiger partial charge < -0.3 is 9.84 Å². The van der Waals surface area contributed by atoms with Gasteiger partial charge in [0.2, 0.25) is 0 Å². The molecule has 1 heterocycles. The lowest BCUT2D eigenvalue weighted by atomic mass is 9.96. The third kappa shape index (κ3) is 3.09. The summed E-state index contributed by atoms with van der Waals surface area (Å²) in [5.74, 6) is -1.53. The number of carboxylic acid groups (broad SMARTS) is 1. The maximum Gasteiger partial charge on any atom is 0.337 e. The van der Waals surface area contributed by atoms with Crippen molar-refractivity contribution in [3.63, 3.8) is 0 Å². The van der Waals surface area contributed by atoms with Crippen molar-refractivity contribution >= 4 is 16.9 Å². The van der Waals surface area contributed by atoms with Gasteiger partial charge in [-0.15, -0.1) is 0 Å². The Kier molecular flexibility index (Phi) is 4.20. The molecular formula is C17H20FNO3. The molecule has 0 amide bonds. The number of carbonyl (C=O) groups is 1. The quantitative estimate of drug-likeness (QED) is 0.933. The molecule has 0 aliphatic carbocycles. The maximum absolute atomic E-state index is 14.1. The van der Waals surface area contributed by atoms with E-state index >= 15 is 0 Å². The Morgan fingerprint density at radius 3 is 2.50 bits per heavy atom. The average molecular weight is 305 g/mol. The molecule has 0 aliphatic heterocycles. The van der Waals surface area contributed by atoms with Crippen molar-refractivity contribution in [2.45, 2.75) is 46.3 Å². The van der Waals surface area contributed by atoms with E-state index in [4.69, 9.17) is 4.74 Å². The summed E-state index contributed by atoms with van der Waals surface area (Å²) in [4.78, 5) is 16.0. The summed E-state index contributed by atoms with van der Waals surface area (Å²) in [6.07, 6.45) is -1.18. The molecule has 0 radical (unpaired) electrons. The Morgan fingerprint density at radius 1 is 1.32 bits per heavy atom. The molecule has 118 valence electrons. The summed E-state index contributed by atoms with van der Waals surface area (Å²) < 4.78 is 19.8. The molecule has 4 nitrogen and oxygen atoms in total. The van der Waals surface area contributed by atoms with Crippen molar-refractivity contribution in [1.82, 2.24) is 4.98 Å². The van der Waals surface area contributed by atoms with Crippen LogP contribution in [0.5, 0.6) is 0 Å². The van der Waals surface area contributed by atoms with E-state index in [0.717, 1.165) is 0 Å². The summed E-state index contributed by atoms with van der Waals surface area (Å²) in [5, 5.41) is 9.87. The highest BCUT2D eigenvalue weighted by Crippen LogP contribution is 2.33. The lowest BCUT2D eigenvalue weighted by molar-refractivity contribution is -0.160. The topological polar surface area (TPSA) is 59.4 Å². The first-order chi connectivity index (χ1) is 10.1. The molecule has 2 rings (SSSR count). The van der Waals surface area contributed by atoms with Crippen molar-refractivity contribution in [2.75, 3.05) is 0 Å². The van der Waals surface area contributed by atoms with Gasteiger partial charge in [0.15, 0.2) is 6.10 Å². The third-order valence-electron chi connectivity index (χ3n) is 3.41. The first-order valence-corrected chi connectivity index (χ1v) is 7.08. The summed E-state index contributed by atoms with van der Waals surface area (Å²) in [6, 6.07) is 4.64. The largest absolute Gasteiger partial charge is 0.479 e. The van der Waals surface area contributed by atoms with Gasteiger partial charge in [0.1, 0.15) is 5.82 Å². The van der Waals surface area contributed by atoms with E-state index in [1.807, 2.05) is 0 Å². The Bertz CT molecular complexity index is 735. The van der Waals surface area contributed by atoms with Crippen molar-refractivity contribution in [2.24, 2.45) is 0 Å². The fourth-order valence-corrected chi connectivity index (χ4v) is 2.60. The van der Waals surface area contributed by atoms with Crippen molar-refractivity contribution in [1.29, 1.82) is 0 Å². The number of hydrogen-bond donors (Lipinski definition) is 1. The minimum atomic E-state index is -1.18. The molecule has 0 saturated heterocycles. The number of aromatic nitrogens is 1. The SMILES string of the molecule is Cc1nc2cccc(F)c2c(C)c1C(OC(C)(C)C)C(=O)O. The van der Waals surface area contributed by atoms with Gasteiger partial charge in [0.25, 0.3) is 0 Å². The molecule has 0 fully saturated rings. The molecule has 1 unspecified atom stereocenters. The molecule has 0 bridgehead atoms. The normalized spacial score (nSPS) is 13.4. The molecule has 1 atom stereocenters. The highest BCUT2D eigenvalue weighted by atomic mass is 19.1. The third-order valence-corrected chi connectivity index (χ3v) is 3.41. The second kappa shape index (κ2) is 5.65. The minimum Gasteiger partial charge on any atom is -0.479 e. The fourth-order valence-electron chi connectivity index (χ4n) is 2.60. The van der Waals surface area contributed by atoms with E-state index in [1.54, 1.807) is 46.8 Å². The molecule has 2 aromatic rings. The number of ether oxygens (including phenoxy) is 1. The Balaban J connectivity index is 2.72. The van der Waals surface area contributed by atoms with Gasteiger partial charge in [-0.3, -0.25) is 4.98 Å². The van der Waals surface area contributed by atoms with Gasteiger partial charge in [-0.2, -0.15) is 0 Å². The zero-order valence-electron chi connectivity index (χ0n) is 13.4. The van der Waals surface area contributed by atoms with Crippen LogP contribution in [0.25, 0.3) is 10.9 Å². The molecule has 0 spiro atoms. The average Bonchev–Trinajstić information content (AvgIpc) is 2.35. The molecular weight excluding hydrogens is 285 g/mol. The van der Waals surface area contributed by atoms with E-state index in [1.165, 1.54) is 6.07 Å². The smallest absolute Gasteiger partial charge is 0.337 e. The standard InChI is InChI=1S/C17H20FNO3/c1-9-13(15(16(20)21)22-17(3,4)5)10(2)19-12-8-6-7-11(18)14(9)12/h6-8,15H,1-5H3,(H,20,21). The van der Waals surface area contributed by atoms with Crippen LogP contribution in [0.4, 0.5) is 4.39 Å². The van der Waals surface area contributed by atoms with Crippen molar-refractivity contribution in [3.8, 4) is 0 Å². The lowest BCUT2D eigenvalue weighted by Gasteiger charge is -2.27. The fraction of sp³-hybridized carbons (Fsp3) is 0.412. The van der Waals surface area contributed by atoms with Crippen LogP contribution in [-0.4, -0.2) is 21.7 Å². The van der Waals surface area contributed by atoms with E-state index in [0.29, 0.717) is 27.7 Å². The van der Waals surface area contributed by atoms with E-state index in [2.05, 4.69) is 4.98 Å². The van der Waals surface area contributed by atoms with Gasteiger partial charge in [-0.1, -0.05) is 6.07 Å². The van der Waals surface area contributed by atoms with Crippen LogP contribution < -0.4 is 0 Å². The number of hydrogen-bond acceptors (Lipinski definition) is 3. The first-order valence-electron chi connectivity index (χ1n) is 7.08. The Hall–Kier alpha value is -2.01. The summed E-state index contributed by atoms with van der Waals surface area (Å²) in [5.41, 5.74) is 1.37. The number of nitrogens with zero attached hydrogens (tertiary/aromatic N) is 1. The van der Waals surface area contributed by atoms with Crippen LogP contribution in [0.15, 0.2) is 18.2 Å². The van der Waals surface area contributed by atoms with Crippen molar-refractivity contribution < 1.29 is 19.0 Å². The Labute approximate surface area is 128 Å². The van der Waals surface area contributed by atoms with Gasteiger partial charge >= 0.3 is 5.97 Å². The summed E-state index contributed by atoms with van der Waals surface area (Å²) in [6.45, 7) is 8.76. The lowest BCUT2D eigenvalue weighted by Crippen LogP contribution is -2.28. The van der Waals surface area contributed by atoms with Gasteiger partial charge in [0, 0.05) is 16.6 Å². The number of rotatable bonds is 3. The van der Waals surface area contributed by atoms with E-state index < -0.39 is 23.5 Å². The Morgan fingerprint density at radius 2 is 1.95 bits per heavy atom. The monoisotopic (exact) mass is 305 g/mol. The number of aryl methyl sites for hydroxylation is 2. The number of pyridine rings is 1. The number of fused-ring (bicyclic) bond motifs is 1. The first kappa shape index (κ1) is 16.4. The predicted octanol–water partition coefficient (Wildman–Crippen LogP) is 3.93. The van der Waals surface area contributed by atoms with Crippen LogP contribution in [0.2, 0.25) is 0 Å². The van der Waals surface area contributed by atoms with Crippen LogP contribution in [0.3, 0.4) is 0 Å². The van der Waals surface area contributed by atoms with Gasteiger partial charge in [-0.05, 0) is 52.3 Å². The van der Waals surface area contributed by atoms with E-state index in [-0.39, 0.29) is 0 Å². The molecule has 1 aromatic heterocycles. The molecule has 5 heteroatoms. The van der Waals surface area contributed by atoms with Crippen LogP contribution in [0, 0.1) is 19.7 Å². The second-order valence-electron chi connectivity index (χ2n) is 6.32. The van der Waals surface area contributed by atoms with Gasteiger partial charge in [0.05, 0.1) is 11.1 Å². The molecule has 0 aliphatic rings. The highest BCUT2D eigenvalue weighted by Gasteiger charge is 2.31. The minimum absolute atomic E-state index is 0.340. The zero-order valence-corrected chi connectivity index (χ0v) is 13.4. The highest BCUT2D eigenvalue weighted by molar-refractivity contribution is 5.86. The molecule has 1 N–H and O–H groups in total. The second-order valence-corrected chi connectivity index (χ2v) is 6.32. The zero-order chi connectivity index (χ0) is 16.7. The van der Waals surface area contributed by atoms with Crippen molar-refractivity contribution in [3.05, 3.63) is 40.8 Å². The predicted molar refractivity (Wildman–Crippen MR) is 82.4 cm³/mol. The number of halogens is 1.